The Balaban J connectivity index is 2.05. The first-order valence-corrected chi connectivity index (χ1v) is 7.24. The van der Waals surface area contributed by atoms with Gasteiger partial charge in [0.1, 0.15) is 11.5 Å². The second-order valence-corrected chi connectivity index (χ2v) is 5.47. The highest BCUT2D eigenvalue weighted by Crippen LogP contribution is 2.24. The summed E-state index contributed by atoms with van der Waals surface area (Å²) in [5, 5.41) is 0. The van der Waals surface area contributed by atoms with Crippen LogP contribution in [0.3, 0.4) is 0 Å². The van der Waals surface area contributed by atoms with Crippen molar-refractivity contribution in [1.82, 2.24) is 4.98 Å². The molecule has 0 aliphatic heterocycles. The van der Waals surface area contributed by atoms with Crippen LogP contribution in [0.25, 0.3) is 0 Å². The molecule has 5 heteroatoms. The van der Waals surface area contributed by atoms with Gasteiger partial charge >= 0.3 is 0 Å². The van der Waals surface area contributed by atoms with Gasteiger partial charge in [0.2, 0.25) is 5.88 Å². The van der Waals surface area contributed by atoms with E-state index in [1.54, 1.807) is 26.5 Å². The van der Waals surface area contributed by atoms with Crippen molar-refractivity contribution in [2.45, 2.75) is 12.8 Å². The molecule has 0 bridgehead atoms. The van der Waals surface area contributed by atoms with E-state index in [1.165, 1.54) is 0 Å². The first kappa shape index (κ1) is 15.5. The Hall–Kier alpha value is -1.88. The summed E-state index contributed by atoms with van der Waals surface area (Å²) in [6.45, 7) is 0. The van der Waals surface area contributed by atoms with Crippen molar-refractivity contribution in [1.29, 1.82) is 0 Å². The molecule has 2 aromatic rings. The molecule has 0 amide bonds. The Morgan fingerprint density at radius 3 is 2.57 bits per heavy atom. The second-order valence-electron chi connectivity index (χ2n) is 4.56. The molecule has 0 N–H and O–H groups in total. The van der Waals surface area contributed by atoms with Crippen molar-refractivity contribution in [2.24, 2.45) is 0 Å². The van der Waals surface area contributed by atoms with Gasteiger partial charge in [-0.05, 0) is 23.8 Å². The highest BCUT2D eigenvalue weighted by Gasteiger charge is 2.10. The molecule has 21 heavy (non-hydrogen) atoms. The van der Waals surface area contributed by atoms with Gasteiger partial charge in [-0.1, -0.05) is 22.0 Å². The fourth-order valence-corrected chi connectivity index (χ4v) is 2.43. The summed E-state index contributed by atoms with van der Waals surface area (Å²) in [7, 11) is 3.16. The minimum Gasteiger partial charge on any atom is -0.496 e. The van der Waals surface area contributed by atoms with E-state index < -0.39 is 0 Å². The smallest absolute Gasteiger partial charge is 0.212 e. The molecule has 0 spiro atoms. The van der Waals surface area contributed by atoms with Gasteiger partial charge in [-0.2, -0.15) is 0 Å². The van der Waals surface area contributed by atoms with Crippen LogP contribution in [0.4, 0.5) is 0 Å². The fraction of sp³-hybridized carbons (Fsp3) is 0.250. The van der Waals surface area contributed by atoms with Crippen molar-refractivity contribution < 1.29 is 14.3 Å². The summed E-state index contributed by atoms with van der Waals surface area (Å²) in [5.41, 5.74) is 1.74. The van der Waals surface area contributed by atoms with E-state index in [9.17, 15) is 4.79 Å². The largest absolute Gasteiger partial charge is 0.496 e. The molecular weight excluding hydrogens is 334 g/mol. The number of hydrogen-bond acceptors (Lipinski definition) is 4. The molecule has 1 aromatic heterocycles. The molecule has 110 valence electrons. The predicted octanol–water partition coefficient (Wildman–Crippen LogP) is 3.22. The minimum absolute atomic E-state index is 0.110. The Labute approximate surface area is 132 Å². The topological polar surface area (TPSA) is 48.4 Å². The number of aromatic nitrogens is 1. The van der Waals surface area contributed by atoms with Crippen molar-refractivity contribution >= 4 is 21.7 Å². The van der Waals surface area contributed by atoms with Crippen LogP contribution in [0, 0.1) is 0 Å². The Bertz CT molecular complexity index is 626. The number of ether oxygens (including phenoxy) is 2. The van der Waals surface area contributed by atoms with E-state index >= 15 is 0 Å². The van der Waals surface area contributed by atoms with Gasteiger partial charge < -0.3 is 9.47 Å². The zero-order chi connectivity index (χ0) is 15.2. The average Bonchev–Trinajstić information content (AvgIpc) is 2.48. The Morgan fingerprint density at radius 2 is 1.95 bits per heavy atom. The zero-order valence-corrected chi connectivity index (χ0v) is 13.5. The first-order chi connectivity index (χ1) is 10.1. The number of hydrogen-bond donors (Lipinski definition) is 0. The lowest BCUT2D eigenvalue weighted by atomic mass is 10.0. The van der Waals surface area contributed by atoms with Crippen LogP contribution in [-0.4, -0.2) is 25.0 Å². The van der Waals surface area contributed by atoms with E-state index in [0.717, 1.165) is 21.3 Å². The predicted molar refractivity (Wildman–Crippen MR) is 83.9 cm³/mol. The Kier molecular flexibility index (Phi) is 5.33. The molecule has 1 heterocycles. The maximum atomic E-state index is 12.2. The monoisotopic (exact) mass is 349 g/mol. The van der Waals surface area contributed by atoms with E-state index in [1.807, 2.05) is 24.3 Å². The van der Waals surface area contributed by atoms with E-state index in [4.69, 9.17) is 9.47 Å². The average molecular weight is 350 g/mol. The van der Waals surface area contributed by atoms with Crippen LogP contribution in [0.15, 0.2) is 41.0 Å². The summed E-state index contributed by atoms with van der Waals surface area (Å²) in [6, 6.07) is 9.25. The molecule has 0 radical (unpaired) electrons. The van der Waals surface area contributed by atoms with Gasteiger partial charge in [0, 0.05) is 35.1 Å². The SMILES string of the molecule is COc1ccc(CC(=O)Cc2cc(Br)ccc2OC)cn1. The normalized spacial score (nSPS) is 10.2. The quantitative estimate of drug-likeness (QED) is 0.803. The lowest BCUT2D eigenvalue weighted by Gasteiger charge is -2.08. The third-order valence-electron chi connectivity index (χ3n) is 3.04. The Morgan fingerprint density at radius 1 is 1.14 bits per heavy atom. The molecule has 1 aromatic carbocycles. The van der Waals surface area contributed by atoms with Crippen LogP contribution in [0.1, 0.15) is 11.1 Å². The highest BCUT2D eigenvalue weighted by atomic mass is 79.9. The lowest BCUT2D eigenvalue weighted by molar-refractivity contribution is -0.117. The minimum atomic E-state index is 0.110. The number of halogens is 1. The number of ketones is 1. The van der Waals surface area contributed by atoms with E-state index in [2.05, 4.69) is 20.9 Å². The third kappa shape index (κ3) is 4.29. The molecule has 0 aliphatic carbocycles. The molecule has 0 aliphatic rings. The van der Waals surface area contributed by atoms with Gasteiger partial charge in [-0.3, -0.25) is 4.79 Å². The van der Waals surface area contributed by atoms with E-state index in [-0.39, 0.29) is 5.78 Å². The summed E-state index contributed by atoms with van der Waals surface area (Å²) in [4.78, 5) is 16.3. The van der Waals surface area contributed by atoms with Gasteiger partial charge in [-0.15, -0.1) is 0 Å². The molecule has 0 unspecified atom stereocenters. The van der Waals surface area contributed by atoms with Crippen molar-refractivity contribution in [3.05, 3.63) is 52.1 Å². The number of benzene rings is 1. The van der Waals surface area contributed by atoms with Crippen LogP contribution >= 0.6 is 15.9 Å². The number of nitrogens with zero attached hydrogens (tertiary/aromatic N) is 1. The maximum absolute atomic E-state index is 12.2. The maximum Gasteiger partial charge on any atom is 0.212 e. The third-order valence-corrected chi connectivity index (χ3v) is 3.53. The summed E-state index contributed by atoms with van der Waals surface area (Å²) in [6.07, 6.45) is 2.33. The molecule has 0 saturated heterocycles. The lowest BCUT2D eigenvalue weighted by Crippen LogP contribution is -2.08. The van der Waals surface area contributed by atoms with Gasteiger partial charge in [0.25, 0.3) is 0 Å². The van der Waals surface area contributed by atoms with Gasteiger partial charge in [0.15, 0.2) is 0 Å². The second kappa shape index (κ2) is 7.22. The van der Waals surface area contributed by atoms with Crippen molar-refractivity contribution in [3.8, 4) is 11.6 Å². The molecule has 0 saturated carbocycles. The van der Waals surface area contributed by atoms with Gasteiger partial charge in [-0.25, -0.2) is 4.98 Å². The molecule has 2 rings (SSSR count). The zero-order valence-electron chi connectivity index (χ0n) is 11.9. The summed E-state index contributed by atoms with van der Waals surface area (Å²) in [5.74, 6) is 1.37. The number of Topliss-reactive ketones (excluding diaryl/α,β-unsaturated/α-hetero) is 1. The number of methoxy groups -OCH3 is 2. The van der Waals surface area contributed by atoms with Crippen LogP contribution in [0.5, 0.6) is 11.6 Å². The molecule has 0 fully saturated rings. The fourth-order valence-electron chi connectivity index (χ4n) is 2.02. The number of carbonyl (C=O) groups is 1. The van der Waals surface area contributed by atoms with E-state index in [0.29, 0.717) is 18.7 Å². The molecule has 4 nitrogen and oxygen atoms in total. The first-order valence-electron chi connectivity index (χ1n) is 6.45. The van der Waals surface area contributed by atoms with Crippen molar-refractivity contribution in [2.75, 3.05) is 14.2 Å². The molecule has 0 atom stereocenters. The highest BCUT2D eigenvalue weighted by molar-refractivity contribution is 9.10. The summed E-state index contributed by atoms with van der Waals surface area (Å²) < 4.78 is 11.2. The van der Waals surface area contributed by atoms with Crippen molar-refractivity contribution in [3.63, 3.8) is 0 Å². The summed E-state index contributed by atoms with van der Waals surface area (Å²) >= 11 is 3.41. The van der Waals surface area contributed by atoms with Gasteiger partial charge in [0.05, 0.1) is 14.2 Å². The number of rotatable bonds is 6. The number of carbonyl (C=O) groups excluding carboxylic acids is 1. The standard InChI is InChI=1S/C16H16BrNO3/c1-20-15-5-4-13(17)8-12(15)9-14(19)7-11-3-6-16(21-2)18-10-11/h3-6,8,10H,7,9H2,1-2H3. The number of pyridine rings is 1. The molecular formula is C16H16BrNO3. The van der Waals surface area contributed by atoms with Crippen LogP contribution in [0.2, 0.25) is 0 Å². The van der Waals surface area contributed by atoms with Crippen LogP contribution < -0.4 is 9.47 Å². The van der Waals surface area contributed by atoms with Crippen LogP contribution in [-0.2, 0) is 17.6 Å².